The molecule has 0 aliphatic carbocycles. The third-order valence-corrected chi connectivity index (χ3v) is 3.27. The van der Waals surface area contributed by atoms with Gasteiger partial charge in [-0.25, -0.2) is 4.39 Å². The van der Waals surface area contributed by atoms with Crippen molar-refractivity contribution in [2.45, 2.75) is 11.8 Å². The number of ether oxygens (including phenoxy) is 1. The standard InChI is InChI=1S/C12H13FO3S/c1-8(12(15)16-2)11(14)7-17-10-5-3-9(13)4-6-10/h3-6,8H,7H2,1-2H3. The molecule has 0 amide bonds. The zero-order chi connectivity index (χ0) is 12.8. The molecule has 0 saturated carbocycles. The van der Waals surface area contributed by atoms with E-state index in [0.717, 1.165) is 4.90 Å². The van der Waals surface area contributed by atoms with Gasteiger partial charge in [0.25, 0.3) is 0 Å². The lowest BCUT2D eigenvalue weighted by molar-refractivity contribution is -0.147. The fourth-order valence-corrected chi connectivity index (χ4v) is 2.01. The highest BCUT2D eigenvalue weighted by Crippen LogP contribution is 2.19. The van der Waals surface area contributed by atoms with Crippen molar-refractivity contribution in [2.24, 2.45) is 5.92 Å². The Morgan fingerprint density at radius 1 is 1.35 bits per heavy atom. The SMILES string of the molecule is COC(=O)C(C)C(=O)CSc1ccc(F)cc1. The van der Waals surface area contributed by atoms with Crippen LogP contribution in [0, 0.1) is 11.7 Å². The molecule has 0 spiro atoms. The molecule has 0 bridgehead atoms. The highest BCUT2D eigenvalue weighted by molar-refractivity contribution is 8.00. The maximum absolute atomic E-state index is 12.6. The number of carbonyl (C=O) groups is 2. The van der Waals surface area contributed by atoms with Gasteiger partial charge in [-0.1, -0.05) is 0 Å². The fourth-order valence-electron chi connectivity index (χ4n) is 1.12. The van der Waals surface area contributed by atoms with E-state index < -0.39 is 11.9 Å². The van der Waals surface area contributed by atoms with Gasteiger partial charge in [-0.3, -0.25) is 9.59 Å². The smallest absolute Gasteiger partial charge is 0.315 e. The van der Waals surface area contributed by atoms with E-state index in [-0.39, 0.29) is 17.4 Å². The molecule has 3 nitrogen and oxygen atoms in total. The number of carbonyl (C=O) groups excluding carboxylic acids is 2. The molecule has 0 radical (unpaired) electrons. The predicted molar refractivity (Wildman–Crippen MR) is 63.3 cm³/mol. The topological polar surface area (TPSA) is 43.4 Å². The van der Waals surface area contributed by atoms with Gasteiger partial charge in [-0.05, 0) is 31.2 Å². The van der Waals surface area contributed by atoms with E-state index in [1.165, 1.54) is 37.9 Å². The molecule has 0 saturated heterocycles. The maximum Gasteiger partial charge on any atom is 0.315 e. The van der Waals surface area contributed by atoms with Gasteiger partial charge in [0.1, 0.15) is 11.7 Å². The summed E-state index contributed by atoms with van der Waals surface area (Å²) in [5, 5.41) is 0. The second-order valence-corrected chi connectivity index (χ2v) is 4.50. The highest BCUT2D eigenvalue weighted by Gasteiger charge is 2.21. The molecule has 0 N–H and O–H groups in total. The van der Waals surface area contributed by atoms with Crippen LogP contribution in [0.1, 0.15) is 6.92 Å². The van der Waals surface area contributed by atoms with Crippen LogP contribution in [0.4, 0.5) is 4.39 Å². The summed E-state index contributed by atoms with van der Waals surface area (Å²) in [6.45, 7) is 1.51. The van der Waals surface area contributed by atoms with Crippen molar-refractivity contribution in [2.75, 3.05) is 12.9 Å². The first kappa shape index (κ1) is 13.7. The second-order valence-electron chi connectivity index (χ2n) is 3.45. The van der Waals surface area contributed by atoms with Gasteiger partial charge < -0.3 is 4.74 Å². The Kier molecular flexibility index (Phi) is 5.15. The van der Waals surface area contributed by atoms with Crippen molar-refractivity contribution < 1.29 is 18.7 Å². The minimum absolute atomic E-state index is 0.169. The van der Waals surface area contributed by atoms with Gasteiger partial charge in [-0.2, -0.15) is 0 Å². The molecular weight excluding hydrogens is 243 g/mol. The number of esters is 1. The summed E-state index contributed by atoms with van der Waals surface area (Å²) in [4.78, 5) is 23.5. The van der Waals surface area contributed by atoms with Gasteiger partial charge in [0.05, 0.1) is 12.9 Å². The Morgan fingerprint density at radius 3 is 2.47 bits per heavy atom. The Labute approximate surface area is 103 Å². The molecule has 1 unspecified atom stereocenters. The number of ketones is 1. The molecule has 1 atom stereocenters. The number of methoxy groups -OCH3 is 1. The summed E-state index contributed by atoms with van der Waals surface area (Å²) in [5.74, 6) is -1.64. The van der Waals surface area contributed by atoms with Crippen molar-refractivity contribution in [3.63, 3.8) is 0 Å². The van der Waals surface area contributed by atoms with Crippen molar-refractivity contribution >= 4 is 23.5 Å². The zero-order valence-corrected chi connectivity index (χ0v) is 10.4. The van der Waals surface area contributed by atoms with Crippen LogP contribution in [-0.4, -0.2) is 24.6 Å². The number of benzene rings is 1. The molecule has 17 heavy (non-hydrogen) atoms. The lowest BCUT2D eigenvalue weighted by atomic mass is 10.1. The van der Waals surface area contributed by atoms with Crippen LogP contribution in [0.15, 0.2) is 29.2 Å². The predicted octanol–water partition coefficient (Wildman–Crippen LogP) is 2.30. The molecule has 92 valence electrons. The number of thioether (sulfide) groups is 1. The highest BCUT2D eigenvalue weighted by atomic mass is 32.2. The van der Waals surface area contributed by atoms with E-state index in [1.807, 2.05) is 0 Å². The van der Waals surface area contributed by atoms with E-state index in [0.29, 0.717) is 0 Å². The van der Waals surface area contributed by atoms with Crippen LogP contribution >= 0.6 is 11.8 Å². The van der Waals surface area contributed by atoms with Crippen LogP contribution < -0.4 is 0 Å². The Hall–Kier alpha value is -1.36. The van der Waals surface area contributed by atoms with Crippen LogP contribution in [0.5, 0.6) is 0 Å². The molecule has 0 aromatic heterocycles. The van der Waals surface area contributed by atoms with E-state index in [2.05, 4.69) is 4.74 Å². The minimum Gasteiger partial charge on any atom is -0.468 e. The van der Waals surface area contributed by atoms with Crippen molar-refractivity contribution in [1.29, 1.82) is 0 Å². The maximum atomic E-state index is 12.6. The zero-order valence-electron chi connectivity index (χ0n) is 9.60. The van der Waals surface area contributed by atoms with Crippen LogP contribution in [0.3, 0.4) is 0 Å². The van der Waals surface area contributed by atoms with Crippen LogP contribution in [0.2, 0.25) is 0 Å². The first-order valence-electron chi connectivity index (χ1n) is 5.03. The van der Waals surface area contributed by atoms with Crippen LogP contribution in [-0.2, 0) is 14.3 Å². The van der Waals surface area contributed by atoms with Crippen molar-refractivity contribution in [1.82, 2.24) is 0 Å². The third kappa shape index (κ3) is 4.19. The van der Waals surface area contributed by atoms with E-state index >= 15 is 0 Å². The Balaban J connectivity index is 2.48. The molecule has 1 rings (SSSR count). The van der Waals surface area contributed by atoms with Gasteiger partial charge >= 0.3 is 5.97 Å². The third-order valence-electron chi connectivity index (χ3n) is 2.23. The fraction of sp³-hybridized carbons (Fsp3) is 0.333. The van der Waals surface area contributed by atoms with E-state index in [4.69, 9.17) is 0 Å². The minimum atomic E-state index is -0.757. The lowest BCUT2D eigenvalue weighted by Crippen LogP contribution is -2.23. The van der Waals surface area contributed by atoms with Crippen molar-refractivity contribution in [3.05, 3.63) is 30.1 Å². The monoisotopic (exact) mass is 256 g/mol. The normalized spacial score (nSPS) is 11.9. The Bertz CT molecular complexity index is 403. The summed E-state index contributed by atoms with van der Waals surface area (Å²) in [6.07, 6.45) is 0. The largest absolute Gasteiger partial charge is 0.468 e. The number of halogens is 1. The number of hydrogen-bond donors (Lipinski definition) is 0. The number of hydrogen-bond acceptors (Lipinski definition) is 4. The molecular formula is C12H13FO3S. The lowest BCUT2D eigenvalue weighted by Gasteiger charge is -2.07. The van der Waals surface area contributed by atoms with Crippen LogP contribution in [0.25, 0.3) is 0 Å². The second kappa shape index (κ2) is 6.39. The molecule has 0 heterocycles. The first-order chi connectivity index (χ1) is 8.04. The summed E-state index contributed by atoms with van der Waals surface area (Å²) < 4.78 is 17.1. The van der Waals surface area contributed by atoms with Gasteiger partial charge in [0.2, 0.25) is 0 Å². The summed E-state index contributed by atoms with van der Waals surface area (Å²) in [5.41, 5.74) is 0. The van der Waals surface area contributed by atoms with Crippen molar-refractivity contribution in [3.8, 4) is 0 Å². The molecule has 0 fully saturated rings. The van der Waals surface area contributed by atoms with E-state index in [9.17, 15) is 14.0 Å². The first-order valence-corrected chi connectivity index (χ1v) is 6.02. The average Bonchev–Trinajstić information content (AvgIpc) is 2.35. The van der Waals surface area contributed by atoms with Gasteiger partial charge in [0.15, 0.2) is 5.78 Å². The summed E-state index contributed by atoms with van der Waals surface area (Å²) >= 11 is 1.27. The molecule has 1 aromatic rings. The number of rotatable bonds is 5. The molecule has 1 aromatic carbocycles. The summed E-state index contributed by atoms with van der Waals surface area (Å²) in [7, 11) is 1.25. The van der Waals surface area contributed by atoms with E-state index in [1.54, 1.807) is 12.1 Å². The van der Waals surface area contributed by atoms with Gasteiger partial charge in [-0.15, -0.1) is 11.8 Å². The summed E-state index contributed by atoms with van der Waals surface area (Å²) in [6, 6.07) is 5.85. The molecule has 5 heteroatoms. The number of Topliss-reactive ketones (excluding diaryl/α,β-unsaturated/α-hetero) is 1. The van der Waals surface area contributed by atoms with Gasteiger partial charge in [0, 0.05) is 4.90 Å². The molecule has 0 aliphatic rings. The Morgan fingerprint density at radius 2 is 1.94 bits per heavy atom. The quantitative estimate of drug-likeness (QED) is 0.460. The molecule has 0 aliphatic heterocycles. The average molecular weight is 256 g/mol.